The van der Waals surface area contributed by atoms with Crippen molar-refractivity contribution in [2.45, 2.75) is 27.2 Å². The first-order chi connectivity index (χ1) is 9.60. The Morgan fingerprint density at radius 2 is 2.00 bits per heavy atom. The Bertz CT molecular complexity index is 510. The number of aryl methyl sites for hydroxylation is 1. The SMILES string of the molecule is C=C(C)/C=C\C(=C/C)COc1ccc(CC)cc1OC. The van der Waals surface area contributed by atoms with Gasteiger partial charge in [-0.3, -0.25) is 0 Å². The molecule has 0 aromatic heterocycles. The second kappa shape index (κ2) is 8.26. The van der Waals surface area contributed by atoms with E-state index in [0.29, 0.717) is 6.61 Å². The number of hydrogen-bond acceptors (Lipinski definition) is 2. The molecule has 2 nitrogen and oxygen atoms in total. The third-order valence-electron chi connectivity index (χ3n) is 2.98. The molecule has 1 rings (SSSR count). The fraction of sp³-hybridized carbons (Fsp3) is 0.333. The second-order valence-corrected chi connectivity index (χ2v) is 4.67. The average molecular weight is 272 g/mol. The van der Waals surface area contributed by atoms with Crippen LogP contribution in [0.4, 0.5) is 0 Å². The lowest BCUT2D eigenvalue weighted by atomic mass is 10.1. The van der Waals surface area contributed by atoms with E-state index in [1.165, 1.54) is 5.56 Å². The van der Waals surface area contributed by atoms with Gasteiger partial charge in [-0.2, -0.15) is 0 Å². The molecule has 0 unspecified atom stereocenters. The molecule has 0 atom stereocenters. The van der Waals surface area contributed by atoms with Crippen LogP contribution in [0.3, 0.4) is 0 Å². The van der Waals surface area contributed by atoms with Gasteiger partial charge < -0.3 is 9.47 Å². The molecule has 1 aromatic carbocycles. The normalized spacial score (nSPS) is 11.7. The largest absolute Gasteiger partial charge is 0.493 e. The van der Waals surface area contributed by atoms with E-state index < -0.39 is 0 Å². The lowest BCUT2D eigenvalue weighted by molar-refractivity contribution is 0.321. The van der Waals surface area contributed by atoms with Gasteiger partial charge in [-0.05, 0) is 43.5 Å². The van der Waals surface area contributed by atoms with Crippen LogP contribution in [-0.2, 0) is 6.42 Å². The maximum atomic E-state index is 5.84. The summed E-state index contributed by atoms with van der Waals surface area (Å²) in [7, 11) is 1.67. The van der Waals surface area contributed by atoms with Crippen molar-refractivity contribution >= 4 is 0 Å². The van der Waals surface area contributed by atoms with Gasteiger partial charge >= 0.3 is 0 Å². The summed E-state index contributed by atoms with van der Waals surface area (Å²) >= 11 is 0. The van der Waals surface area contributed by atoms with E-state index in [4.69, 9.17) is 9.47 Å². The van der Waals surface area contributed by atoms with Gasteiger partial charge in [0.2, 0.25) is 0 Å². The molecule has 0 aliphatic heterocycles. The number of hydrogen-bond donors (Lipinski definition) is 0. The third-order valence-corrected chi connectivity index (χ3v) is 2.98. The molecular weight excluding hydrogens is 248 g/mol. The minimum Gasteiger partial charge on any atom is -0.493 e. The van der Waals surface area contributed by atoms with E-state index >= 15 is 0 Å². The zero-order valence-electron chi connectivity index (χ0n) is 12.9. The molecule has 0 aliphatic rings. The topological polar surface area (TPSA) is 18.5 Å². The molecule has 0 aliphatic carbocycles. The first-order valence-corrected chi connectivity index (χ1v) is 6.89. The number of methoxy groups -OCH3 is 1. The Kier molecular flexibility index (Phi) is 6.65. The van der Waals surface area contributed by atoms with Crippen molar-refractivity contribution in [1.82, 2.24) is 0 Å². The fourth-order valence-electron chi connectivity index (χ4n) is 1.69. The van der Waals surface area contributed by atoms with Gasteiger partial charge in [0, 0.05) is 0 Å². The molecule has 0 saturated carbocycles. The van der Waals surface area contributed by atoms with Crippen LogP contribution < -0.4 is 9.47 Å². The highest BCUT2D eigenvalue weighted by Crippen LogP contribution is 2.28. The minimum atomic E-state index is 0.516. The lowest BCUT2D eigenvalue weighted by Crippen LogP contribution is -2.01. The van der Waals surface area contributed by atoms with Crippen molar-refractivity contribution in [3.63, 3.8) is 0 Å². The van der Waals surface area contributed by atoms with Crippen LogP contribution in [0.5, 0.6) is 11.5 Å². The summed E-state index contributed by atoms with van der Waals surface area (Å²) in [5.41, 5.74) is 3.37. The zero-order valence-corrected chi connectivity index (χ0v) is 12.9. The highest BCUT2D eigenvalue weighted by molar-refractivity contribution is 5.43. The maximum absolute atomic E-state index is 5.84. The van der Waals surface area contributed by atoms with Crippen LogP contribution in [0.1, 0.15) is 26.3 Å². The molecule has 1 aromatic rings. The smallest absolute Gasteiger partial charge is 0.161 e. The predicted molar refractivity (Wildman–Crippen MR) is 85.6 cm³/mol. The molecule has 0 radical (unpaired) electrons. The summed E-state index contributed by atoms with van der Waals surface area (Å²) in [5.74, 6) is 1.55. The Hall–Kier alpha value is -1.96. The quantitative estimate of drug-likeness (QED) is 0.669. The van der Waals surface area contributed by atoms with E-state index in [1.54, 1.807) is 7.11 Å². The number of benzene rings is 1. The van der Waals surface area contributed by atoms with Crippen molar-refractivity contribution in [1.29, 1.82) is 0 Å². The van der Waals surface area contributed by atoms with Crippen LogP contribution in [0, 0.1) is 0 Å². The highest BCUT2D eigenvalue weighted by atomic mass is 16.5. The molecular formula is C18H24O2. The molecule has 0 heterocycles. The van der Waals surface area contributed by atoms with Gasteiger partial charge in [0.05, 0.1) is 7.11 Å². The minimum absolute atomic E-state index is 0.516. The van der Waals surface area contributed by atoms with Crippen molar-refractivity contribution in [2.24, 2.45) is 0 Å². The molecule has 108 valence electrons. The molecule has 0 spiro atoms. The Morgan fingerprint density at radius 1 is 1.25 bits per heavy atom. The van der Waals surface area contributed by atoms with Crippen LogP contribution in [0.25, 0.3) is 0 Å². The second-order valence-electron chi connectivity index (χ2n) is 4.67. The summed E-state index contributed by atoms with van der Waals surface area (Å²) in [5, 5.41) is 0. The van der Waals surface area contributed by atoms with Crippen molar-refractivity contribution in [3.05, 3.63) is 59.7 Å². The predicted octanol–water partition coefficient (Wildman–Crippen LogP) is 4.72. The number of ether oxygens (including phenoxy) is 2. The number of allylic oxidation sites excluding steroid dienone is 3. The lowest BCUT2D eigenvalue weighted by Gasteiger charge is -2.12. The molecule has 20 heavy (non-hydrogen) atoms. The van der Waals surface area contributed by atoms with Crippen molar-refractivity contribution in [3.8, 4) is 11.5 Å². The first kappa shape index (κ1) is 16.1. The van der Waals surface area contributed by atoms with E-state index in [1.807, 2.05) is 44.2 Å². The van der Waals surface area contributed by atoms with Crippen molar-refractivity contribution in [2.75, 3.05) is 13.7 Å². The van der Waals surface area contributed by atoms with Crippen molar-refractivity contribution < 1.29 is 9.47 Å². The van der Waals surface area contributed by atoms with E-state index in [0.717, 1.165) is 29.1 Å². The highest BCUT2D eigenvalue weighted by Gasteiger charge is 2.05. The molecule has 0 amide bonds. The maximum Gasteiger partial charge on any atom is 0.161 e. The molecule has 0 saturated heterocycles. The zero-order chi connectivity index (χ0) is 15.0. The first-order valence-electron chi connectivity index (χ1n) is 6.89. The van der Waals surface area contributed by atoms with Crippen LogP contribution in [0.2, 0.25) is 0 Å². The monoisotopic (exact) mass is 272 g/mol. The Labute approximate surface area is 122 Å². The standard InChI is InChI=1S/C18H24O2/c1-6-15-10-11-17(18(12-15)19-5)20-13-16(7-2)9-8-14(3)4/h7-12H,3,6,13H2,1-2,4-5H3/b9-8-,16-7+. The molecule has 0 bridgehead atoms. The Balaban J connectivity index is 2.76. The van der Waals surface area contributed by atoms with E-state index in [2.05, 4.69) is 19.6 Å². The number of rotatable bonds is 7. The summed E-state index contributed by atoms with van der Waals surface area (Å²) in [6, 6.07) is 6.05. The Morgan fingerprint density at radius 3 is 2.55 bits per heavy atom. The molecule has 2 heteroatoms. The third kappa shape index (κ3) is 4.96. The van der Waals surface area contributed by atoms with Gasteiger partial charge in [0.1, 0.15) is 6.61 Å². The van der Waals surface area contributed by atoms with E-state index in [9.17, 15) is 0 Å². The van der Waals surface area contributed by atoms with Gasteiger partial charge in [-0.25, -0.2) is 0 Å². The molecule has 0 N–H and O–H groups in total. The fourth-order valence-corrected chi connectivity index (χ4v) is 1.69. The summed E-state index contributed by atoms with van der Waals surface area (Å²) in [6.45, 7) is 10.5. The van der Waals surface area contributed by atoms with Gasteiger partial charge in [0.25, 0.3) is 0 Å². The van der Waals surface area contributed by atoms with Gasteiger partial charge in [-0.1, -0.05) is 43.4 Å². The van der Waals surface area contributed by atoms with Gasteiger partial charge in [-0.15, -0.1) is 0 Å². The van der Waals surface area contributed by atoms with Gasteiger partial charge in [0.15, 0.2) is 11.5 Å². The van der Waals surface area contributed by atoms with Crippen LogP contribution in [0.15, 0.2) is 54.2 Å². The summed E-state index contributed by atoms with van der Waals surface area (Å²) in [4.78, 5) is 0. The summed E-state index contributed by atoms with van der Waals surface area (Å²) < 4.78 is 11.2. The van der Waals surface area contributed by atoms with E-state index in [-0.39, 0.29) is 0 Å². The molecule has 0 fully saturated rings. The van der Waals surface area contributed by atoms with Crippen LogP contribution >= 0.6 is 0 Å². The summed E-state index contributed by atoms with van der Waals surface area (Å²) in [6.07, 6.45) is 7.02. The average Bonchev–Trinajstić information content (AvgIpc) is 2.47. The van der Waals surface area contributed by atoms with Crippen LogP contribution in [-0.4, -0.2) is 13.7 Å².